The van der Waals surface area contributed by atoms with E-state index in [1.165, 1.54) is 0 Å². The predicted molar refractivity (Wildman–Crippen MR) is 79.6 cm³/mol. The summed E-state index contributed by atoms with van der Waals surface area (Å²) in [6.07, 6.45) is 1.22. The van der Waals surface area contributed by atoms with E-state index < -0.39 is 0 Å². The van der Waals surface area contributed by atoms with Gasteiger partial charge in [0, 0.05) is 24.2 Å². The molecule has 0 saturated carbocycles. The van der Waals surface area contributed by atoms with Gasteiger partial charge in [0.25, 0.3) is 0 Å². The van der Waals surface area contributed by atoms with Gasteiger partial charge in [0.1, 0.15) is 0 Å². The molecule has 0 radical (unpaired) electrons. The Balaban J connectivity index is 1.93. The maximum absolute atomic E-state index is 12.1. The van der Waals surface area contributed by atoms with E-state index in [9.17, 15) is 4.79 Å². The van der Waals surface area contributed by atoms with Crippen molar-refractivity contribution in [3.63, 3.8) is 0 Å². The lowest BCUT2D eigenvalue weighted by atomic mass is 10.1. The monoisotopic (exact) mass is 273 g/mol. The molecule has 0 aromatic heterocycles. The molecule has 98 valence electrons. The Morgan fingerprint density at radius 2 is 1.68 bits per heavy atom. The highest BCUT2D eigenvalue weighted by atomic mass is 35.5. The van der Waals surface area contributed by atoms with Crippen LogP contribution in [-0.2, 0) is 11.2 Å². The fourth-order valence-corrected chi connectivity index (χ4v) is 1.99. The molecule has 2 aromatic rings. The van der Waals surface area contributed by atoms with Gasteiger partial charge in [0.15, 0.2) is 0 Å². The molecule has 2 aromatic carbocycles. The Morgan fingerprint density at radius 1 is 1.05 bits per heavy atom. The molecular formula is C16H16ClNO. The van der Waals surface area contributed by atoms with Gasteiger partial charge in [-0.25, -0.2) is 0 Å². The van der Waals surface area contributed by atoms with E-state index in [0.717, 1.165) is 22.7 Å². The molecule has 19 heavy (non-hydrogen) atoms. The summed E-state index contributed by atoms with van der Waals surface area (Å²) in [6.45, 7) is 0. The van der Waals surface area contributed by atoms with Crippen LogP contribution in [0.25, 0.3) is 0 Å². The maximum atomic E-state index is 12.1. The summed E-state index contributed by atoms with van der Waals surface area (Å²) in [6, 6.07) is 17.3. The average molecular weight is 274 g/mol. The molecule has 0 atom stereocenters. The third-order valence-corrected chi connectivity index (χ3v) is 3.31. The van der Waals surface area contributed by atoms with Crippen molar-refractivity contribution in [2.75, 3.05) is 11.9 Å². The van der Waals surface area contributed by atoms with E-state index in [4.69, 9.17) is 11.6 Å². The van der Waals surface area contributed by atoms with Crippen LogP contribution in [0.15, 0.2) is 54.6 Å². The van der Waals surface area contributed by atoms with Gasteiger partial charge in [-0.2, -0.15) is 0 Å². The number of anilines is 1. The number of nitrogens with zero attached hydrogens (tertiary/aromatic N) is 1. The van der Waals surface area contributed by atoms with Crippen molar-refractivity contribution in [1.82, 2.24) is 0 Å². The molecule has 0 bridgehead atoms. The smallest absolute Gasteiger partial charge is 0.227 e. The van der Waals surface area contributed by atoms with E-state index in [2.05, 4.69) is 0 Å². The molecule has 0 N–H and O–H groups in total. The van der Waals surface area contributed by atoms with Crippen LogP contribution in [0.2, 0.25) is 5.02 Å². The second-order valence-corrected chi connectivity index (χ2v) is 4.85. The van der Waals surface area contributed by atoms with E-state index in [1.807, 2.05) is 54.6 Å². The zero-order valence-corrected chi connectivity index (χ0v) is 11.6. The Kier molecular flexibility index (Phi) is 4.58. The van der Waals surface area contributed by atoms with Gasteiger partial charge in [-0.05, 0) is 36.2 Å². The van der Waals surface area contributed by atoms with Crippen LogP contribution in [0.4, 0.5) is 5.69 Å². The van der Waals surface area contributed by atoms with Crippen molar-refractivity contribution < 1.29 is 4.79 Å². The number of hydrogen-bond donors (Lipinski definition) is 0. The molecule has 2 nitrogen and oxygen atoms in total. The SMILES string of the molecule is CN(C(=O)CCc1ccc(Cl)cc1)c1ccccc1. The van der Waals surface area contributed by atoms with Crippen LogP contribution in [0.5, 0.6) is 0 Å². The van der Waals surface area contributed by atoms with Crippen LogP contribution in [0, 0.1) is 0 Å². The van der Waals surface area contributed by atoms with E-state index >= 15 is 0 Å². The molecule has 0 fully saturated rings. The average Bonchev–Trinajstić information content (AvgIpc) is 2.46. The highest BCUT2D eigenvalue weighted by Gasteiger charge is 2.10. The highest BCUT2D eigenvalue weighted by molar-refractivity contribution is 6.30. The summed E-state index contributed by atoms with van der Waals surface area (Å²) in [4.78, 5) is 13.8. The number of carbonyl (C=O) groups excluding carboxylic acids is 1. The minimum Gasteiger partial charge on any atom is -0.315 e. The number of halogens is 1. The molecule has 0 saturated heterocycles. The molecule has 0 aliphatic heterocycles. The number of rotatable bonds is 4. The first-order chi connectivity index (χ1) is 9.16. The summed E-state index contributed by atoms with van der Waals surface area (Å²) < 4.78 is 0. The van der Waals surface area contributed by atoms with E-state index in [1.54, 1.807) is 11.9 Å². The van der Waals surface area contributed by atoms with E-state index in [-0.39, 0.29) is 5.91 Å². The molecule has 2 rings (SSSR count). The first-order valence-corrected chi connectivity index (χ1v) is 6.60. The van der Waals surface area contributed by atoms with Gasteiger partial charge in [-0.15, -0.1) is 0 Å². The summed E-state index contributed by atoms with van der Waals surface area (Å²) in [7, 11) is 1.81. The quantitative estimate of drug-likeness (QED) is 0.826. The zero-order valence-electron chi connectivity index (χ0n) is 10.8. The molecule has 0 spiro atoms. The molecular weight excluding hydrogens is 258 g/mol. The summed E-state index contributed by atoms with van der Waals surface area (Å²) in [5.41, 5.74) is 2.04. The number of aryl methyl sites for hydroxylation is 1. The zero-order chi connectivity index (χ0) is 13.7. The van der Waals surface area contributed by atoms with Gasteiger partial charge >= 0.3 is 0 Å². The molecule has 0 heterocycles. The normalized spacial score (nSPS) is 10.2. The fourth-order valence-electron chi connectivity index (χ4n) is 1.87. The van der Waals surface area contributed by atoms with Gasteiger partial charge in [0.05, 0.1) is 0 Å². The summed E-state index contributed by atoms with van der Waals surface area (Å²) >= 11 is 5.83. The van der Waals surface area contributed by atoms with Crippen molar-refractivity contribution in [1.29, 1.82) is 0 Å². The van der Waals surface area contributed by atoms with Gasteiger partial charge in [0.2, 0.25) is 5.91 Å². The van der Waals surface area contributed by atoms with Crippen molar-refractivity contribution in [2.24, 2.45) is 0 Å². The predicted octanol–water partition coefficient (Wildman–Crippen LogP) is 3.94. The summed E-state index contributed by atoms with van der Waals surface area (Å²) in [5, 5.41) is 0.719. The van der Waals surface area contributed by atoms with Crippen molar-refractivity contribution in [3.8, 4) is 0 Å². The van der Waals surface area contributed by atoms with Crippen molar-refractivity contribution >= 4 is 23.2 Å². The van der Waals surface area contributed by atoms with Gasteiger partial charge in [-0.1, -0.05) is 41.9 Å². The Hall–Kier alpha value is -1.80. The summed E-state index contributed by atoms with van der Waals surface area (Å²) in [5.74, 6) is 0.112. The lowest BCUT2D eigenvalue weighted by Gasteiger charge is -2.17. The van der Waals surface area contributed by atoms with Crippen LogP contribution in [-0.4, -0.2) is 13.0 Å². The third kappa shape index (κ3) is 3.83. The maximum Gasteiger partial charge on any atom is 0.227 e. The topological polar surface area (TPSA) is 20.3 Å². The van der Waals surface area contributed by atoms with Crippen LogP contribution in [0.3, 0.4) is 0 Å². The first-order valence-electron chi connectivity index (χ1n) is 6.23. The number of amides is 1. The van der Waals surface area contributed by atoms with Crippen molar-refractivity contribution in [3.05, 3.63) is 65.2 Å². The Labute approximate surface area is 118 Å². The number of para-hydroxylation sites is 1. The van der Waals surface area contributed by atoms with Crippen LogP contribution in [0.1, 0.15) is 12.0 Å². The fraction of sp³-hybridized carbons (Fsp3) is 0.188. The van der Waals surface area contributed by atoms with E-state index in [0.29, 0.717) is 6.42 Å². The second-order valence-electron chi connectivity index (χ2n) is 4.41. The van der Waals surface area contributed by atoms with Gasteiger partial charge < -0.3 is 4.90 Å². The van der Waals surface area contributed by atoms with Crippen LogP contribution < -0.4 is 4.90 Å². The minimum absolute atomic E-state index is 0.112. The molecule has 3 heteroatoms. The van der Waals surface area contributed by atoms with Crippen molar-refractivity contribution in [2.45, 2.75) is 12.8 Å². The molecule has 0 aliphatic carbocycles. The lowest BCUT2D eigenvalue weighted by molar-refractivity contribution is -0.118. The second kappa shape index (κ2) is 6.39. The molecule has 1 amide bonds. The Morgan fingerprint density at radius 3 is 2.32 bits per heavy atom. The van der Waals surface area contributed by atoms with Crippen LogP contribution >= 0.6 is 11.6 Å². The highest BCUT2D eigenvalue weighted by Crippen LogP contribution is 2.14. The first kappa shape index (κ1) is 13.6. The molecule has 0 unspecified atom stereocenters. The number of carbonyl (C=O) groups is 1. The third-order valence-electron chi connectivity index (χ3n) is 3.06. The largest absolute Gasteiger partial charge is 0.315 e. The number of benzene rings is 2. The number of hydrogen-bond acceptors (Lipinski definition) is 1. The minimum atomic E-state index is 0.112. The molecule has 0 aliphatic rings. The van der Waals surface area contributed by atoms with Gasteiger partial charge in [-0.3, -0.25) is 4.79 Å². The lowest BCUT2D eigenvalue weighted by Crippen LogP contribution is -2.26. The standard InChI is InChI=1S/C16H16ClNO/c1-18(15-5-3-2-4-6-15)16(19)12-9-13-7-10-14(17)11-8-13/h2-8,10-11H,9,12H2,1H3. The Bertz CT molecular complexity index is 536.